The minimum atomic E-state index is -0.449. The summed E-state index contributed by atoms with van der Waals surface area (Å²) in [5.41, 5.74) is 1.57. The van der Waals surface area contributed by atoms with Gasteiger partial charge in [0.05, 0.1) is 5.41 Å². The molecule has 2 N–H and O–H groups in total. The number of aromatic amines is 1. The average Bonchev–Trinajstić information content (AvgIpc) is 3.26. The molecule has 4 rings (SSSR count). The lowest BCUT2D eigenvalue weighted by atomic mass is 9.73. The van der Waals surface area contributed by atoms with Crippen LogP contribution in [-0.4, -0.2) is 39.5 Å². The van der Waals surface area contributed by atoms with Crippen LogP contribution in [0, 0.1) is 0 Å². The lowest BCUT2D eigenvalue weighted by molar-refractivity contribution is -0.121. The Morgan fingerprint density at radius 2 is 2.08 bits per heavy atom. The number of imidazole rings is 1. The van der Waals surface area contributed by atoms with Gasteiger partial charge in [0, 0.05) is 37.2 Å². The second kappa shape index (κ2) is 6.19. The maximum Gasteiger partial charge on any atom is 0.325 e. The summed E-state index contributed by atoms with van der Waals surface area (Å²) in [4.78, 5) is 29.8. The number of amides is 1. The molecule has 2 aliphatic heterocycles. The highest BCUT2D eigenvalue weighted by molar-refractivity contribution is 6.07. The average molecular weight is 340 g/mol. The molecule has 2 aromatic rings. The van der Waals surface area contributed by atoms with Gasteiger partial charge in [0.15, 0.2) is 0 Å². The number of H-pyrrole nitrogens is 1. The van der Waals surface area contributed by atoms with E-state index in [9.17, 15) is 9.59 Å². The van der Waals surface area contributed by atoms with Gasteiger partial charge >= 0.3 is 5.69 Å². The van der Waals surface area contributed by atoms with Crippen LogP contribution < -0.4 is 11.0 Å². The topological polar surface area (TPSA) is 70.1 Å². The molecule has 0 bridgehead atoms. The predicted molar refractivity (Wildman–Crippen MR) is 96.7 cm³/mol. The standard InChI is InChI=1S/C19H24N4O2/c1-2-5-16-19(14-6-3-4-7-15(14)21-17(19)24)8-10-22(16)12-13-23-11-9-20-18(23)25/h3-4,6-7,9,11,16H,2,5,8,10,12-13H2,1H3,(H,20,25)(H,21,24)/t16-,19+/m0/s1. The molecular weight excluding hydrogens is 316 g/mol. The van der Waals surface area contributed by atoms with E-state index >= 15 is 0 Å². The van der Waals surface area contributed by atoms with Crippen molar-refractivity contribution in [3.05, 3.63) is 52.7 Å². The van der Waals surface area contributed by atoms with Crippen molar-refractivity contribution in [3.8, 4) is 0 Å². The van der Waals surface area contributed by atoms with Crippen LogP contribution in [0.2, 0.25) is 0 Å². The Hall–Kier alpha value is -2.34. The first-order valence-electron chi connectivity index (χ1n) is 9.05. The van der Waals surface area contributed by atoms with Crippen LogP contribution in [-0.2, 0) is 16.8 Å². The third kappa shape index (κ3) is 2.43. The molecule has 0 unspecified atom stereocenters. The molecule has 2 aliphatic rings. The molecule has 6 nitrogen and oxygen atoms in total. The third-order valence-corrected chi connectivity index (χ3v) is 5.78. The number of rotatable bonds is 5. The van der Waals surface area contributed by atoms with E-state index in [1.807, 2.05) is 18.2 Å². The number of hydrogen-bond acceptors (Lipinski definition) is 3. The molecular formula is C19H24N4O2. The highest BCUT2D eigenvalue weighted by Gasteiger charge is 2.56. The van der Waals surface area contributed by atoms with E-state index in [0.29, 0.717) is 6.54 Å². The summed E-state index contributed by atoms with van der Waals surface area (Å²) in [6.45, 7) is 4.47. The van der Waals surface area contributed by atoms with Crippen LogP contribution in [0.1, 0.15) is 31.7 Å². The van der Waals surface area contributed by atoms with Crippen LogP contribution >= 0.6 is 0 Å². The molecule has 2 atom stereocenters. The van der Waals surface area contributed by atoms with Crippen molar-refractivity contribution in [2.75, 3.05) is 18.4 Å². The van der Waals surface area contributed by atoms with Gasteiger partial charge in [-0.05, 0) is 31.0 Å². The van der Waals surface area contributed by atoms with Crippen LogP contribution in [0.15, 0.2) is 41.5 Å². The maximum absolute atomic E-state index is 13.0. The number of nitrogens with zero attached hydrogens (tertiary/aromatic N) is 2. The molecule has 1 spiro atoms. The smallest absolute Gasteiger partial charge is 0.325 e. The van der Waals surface area contributed by atoms with Crippen LogP contribution in [0.5, 0.6) is 0 Å². The summed E-state index contributed by atoms with van der Waals surface area (Å²) in [5, 5.41) is 3.09. The van der Waals surface area contributed by atoms with Crippen molar-refractivity contribution >= 4 is 11.6 Å². The monoisotopic (exact) mass is 340 g/mol. The zero-order valence-electron chi connectivity index (χ0n) is 14.5. The number of carbonyl (C=O) groups is 1. The number of anilines is 1. The second-order valence-electron chi connectivity index (χ2n) is 7.02. The fraction of sp³-hybridized carbons (Fsp3) is 0.474. The van der Waals surface area contributed by atoms with E-state index < -0.39 is 5.41 Å². The largest absolute Gasteiger partial charge is 0.325 e. The van der Waals surface area contributed by atoms with E-state index in [0.717, 1.165) is 43.6 Å². The van der Waals surface area contributed by atoms with Crippen molar-refractivity contribution in [1.29, 1.82) is 0 Å². The molecule has 132 valence electrons. The Kier molecular flexibility index (Phi) is 4.00. The van der Waals surface area contributed by atoms with Crippen LogP contribution in [0.3, 0.4) is 0 Å². The van der Waals surface area contributed by atoms with Gasteiger partial charge in [-0.15, -0.1) is 0 Å². The summed E-state index contributed by atoms with van der Waals surface area (Å²) in [7, 11) is 0. The summed E-state index contributed by atoms with van der Waals surface area (Å²) >= 11 is 0. The first-order valence-corrected chi connectivity index (χ1v) is 9.05. The quantitative estimate of drug-likeness (QED) is 0.874. The number of likely N-dealkylation sites (tertiary alicyclic amines) is 1. The lowest BCUT2D eigenvalue weighted by Gasteiger charge is -2.34. The number of benzene rings is 1. The minimum Gasteiger partial charge on any atom is -0.325 e. The van der Waals surface area contributed by atoms with Crippen molar-refractivity contribution in [3.63, 3.8) is 0 Å². The summed E-state index contributed by atoms with van der Waals surface area (Å²) < 4.78 is 1.69. The number of hydrogen-bond donors (Lipinski definition) is 2. The maximum atomic E-state index is 13.0. The van der Waals surface area contributed by atoms with Crippen LogP contribution in [0.25, 0.3) is 0 Å². The van der Waals surface area contributed by atoms with Crippen LogP contribution in [0.4, 0.5) is 5.69 Å². The molecule has 6 heteroatoms. The van der Waals surface area contributed by atoms with E-state index in [4.69, 9.17) is 0 Å². The van der Waals surface area contributed by atoms with Gasteiger partial charge < -0.3 is 10.3 Å². The van der Waals surface area contributed by atoms with Crippen molar-refractivity contribution in [1.82, 2.24) is 14.5 Å². The lowest BCUT2D eigenvalue weighted by Crippen LogP contribution is -2.47. The highest BCUT2D eigenvalue weighted by Crippen LogP contribution is 2.49. The van der Waals surface area contributed by atoms with Crippen molar-refractivity contribution in [2.24, 2.45) is 0 Å². The van der Waals surface area contributed by atoms with E-state index in [-0.39, 0.29) is 17.6 Å². The zero-order chi connectivity index (χ0) is 17.4. The van der Waals surface area contributed by atoms with Crippen molar-refractivity contribution in [2.45, 2.75) is 44.2 Å². The minimum absolute atomic E-state index is 0.0788. The van der Waals surface area contributed by atoms with Gasteiger partial charge in [0.25, 0.3) is 0 Å². The highest BCUT2D eigenvalue weighted by atomic mass is 16.2. The normalized spacial score (nSPS) is 25.5. The summed E-state index contributed by atoms with van der Waals surface area (Å²) in [5.74, 6) is 0.133. The Morgan fingerprint density at radius 3 is 2.84 bits per heavy atom. The van der Waals surface area contributed by atoms with Crippen molar-refractivity contribution < 1.29 is 4.79 Å². The number of carbonyl (C=O) groups excluding carboxylic acids is 1. The van der Waals surface area contributed by atoms with Gasteiger partial charge in [-0.1, -0.05) is 31.5 Å². The summed E-state index contributed by atoms with van der Waals surface area (Å²) in [6, 6.07) is 8.25. The molecule has 1 fully saturated rings. The molecule has 3 heterocycles. The van der Waals surface area contributed by atoms with E-state index in [2.05, 4.69) is 28.2 Å². The second-order valence-corrected chi connectivity index (χ2v) is 7.02. The number of aromatic nitrogens is 2. The number of para-hydroxylation sites is 1. The van der Waals surface area contributed by atoms with Gasteiger partial charge in [0.2, 0.25) is 5.91 Å². The molecule has 1 saturated heterocycles. The SMILES string of the molecule is CCC[C@@H]1N(CCn2cc[nH]c2=O)CC[C@]12C(=O)Nc1ccccc12. The molecule has 0 aliphatic carbocycles. The summed E-state index contributed by atoms with van der Waals surface area (Å²) in [6.07, 6.45) is 6.29. The van der Waals surface area contributed by atoms with E-state index in [1.165, 1.54) is 0 Å². The fourth-order valence-corrected chi connectivity index (χ4v) is 4.60. The molecule has 25 heavy (non-hydrogen) atoms. The molecule has 1 amide bonds. The van der Waals surface area contributed by atoms with E-state index in [1.54, 1.807) is 17.0 Å². The fourth-order valence-electron chi connectivity index (χ4n) is 4.60. The van der Waals surface area contributed by atoms with Gasteiger partial charge in [-0.2, -0.15) is 0 Å². The third-order valence-electron chi connectivity index (χ3n) is 5.78. The number of nitrogens with one attached hydrogen (secondary N) is 2. The van der Waals surface area contributed by atoms with Gasteiger partial charge in [-0.25, -0.2) is 4.79 Å². The molecule has 0 radical (unpaired) electrons. The molecule has 1 aromatic heterocycles. The van der Waals surface area contributed by atoms with Gasteiger partial charge in [0.1, 0.15) is 0 Å². The first-order chi connectivity index (χ1) is 12.2. The Bertz CT molecular complexity index is 840. The Morgan fingerprint density at radius 1 is 1.24 bits per heavy atom. The Balaban J connectivity index is 1.63. The predicted octanol–water partition coefficient (Wildman–Crippen LogP) is 1.94. The Labute approximate surface area is 146 Å². The molecule has 0 saturated carbocycles. The molecule has 1 aromatic carbocycles. The first kappa shape index (κ1) is 16.1. The van der Waals surface area contributed by atoms with Gasteiger partial charge in [-0.3, -0.25) is 14.3 Å². The number of fused-ring (bicyclic) bond motifs is 2. The zero-order valence-corrected chi connectivity index (χ0v) is 14.5.